The highest BCUT2D eigenvalue weighted by Crippen LogP contribution is 2.40. The van der Waals surface area contributed by atoms with Crippen LogP contribution in [0.25, 0.3) is 27.8 Å². The Bertz CT molecular complexity index is 1230. The number of aryl methyl sites for hydroxylation is 1. The minimum atomic E-state index is -0.148. The van der Waals surface area contributed by atoms with Gasteiger partial charge in [-0.1, -0.05) is 6.07 Å². The molecule has 0 atom stereocenters. The molecule has 0 saturated heterocycles. The highest BCUT2D eigenvalue weighted by molar-refractivity contribution is 5.91. The van der Waals surface area contributed by atoms with Gasteiger partial charge in [-0.2, -0.15) is 5.10 Å². The third-order valence-corrected chi connectivity index (χ3v) is 5.16. The molecule has 1 N–H and O–H groups in total. The summed E-state index contributed by atoms with van der Waals surface area (Å²) in [6, 6.07) is 7.64. The minimum Gasteiger partial charge on any atom is -0.494 e. The predicted octanol–water partition coefficient (Wildman–Crippen LogP) is 4.68. The molecule has 4 rings (SSSR count). The Labute approximate surface area is 175 Å². The van der Waals surface area contributed by atoms with E-state index in [1.54, 1.807) is 25.0 Å². The standard InChI is InChI=1S/C23H26N4O3/c1-14-10-17(16-8-7-9-19(29-5)21(16)30-6)25-18-13-26(22(28)20(14)18)15-11-24-27(12-15)23(2,3)4/h7-13,28H,1-6H3. The quantitative estimate of drug-likeness (QED) is 0.533. The highest BCUT2D eigenvalue weighted by atomic mass is 16.5. The zero-order chi connectivity index (χ0) is 21.6. The number of aromatic nitrogens is 4. The monoisotopic (exact) mass is 406 g/mol. The van der Waals surface area contributed by atoms with Gasteiger partial charge in [-0.25, -0.2) is 4.98 Å². The molecule has 0 radical (unpaired) electrons. The number of ether oxygens (including phenoxy) is 2. The fraction of sp³-hybridized carbons (Fsp3) is 0.304. The summed E-state index contributed by atoms with van der Waals surface area (Å²) in [4.78, 5) is 4.81. The molecule has 0 fully saturated rings. The lowest BCUT2D eigenvalue weighted by atomic mass is 10.1. The first-order valence-corrected chi connectivity index (χ1v) is 9.73. The van der Waals surface area contributed by atoms with Crippen LogP contribution in [-0.2, 0) is 5.54 Å². The van der Waals surface area contributed by atoms with E-state index in [4.69, 9.17) is 14.5 Å². The van der Waals surface area contributed by atoms with Crippen molar-refractivity contribution in [2.45, 2.75) is 33.2 Å². The van der Waals surface area contributed by atoms with Gasteiger partial charge < -0.3 is 14.6 Å². The number of aromatic hydroxyl groups is 1. The zero-order valence-electron chi connectivity index (χ0n) is 18.1. The van der Waals surface area contributed by atoms with Crippen LogP contribution in [0, 0.1) is 6.92 Å². The van der Waals surface area contributed by atoms with Crippen LogP contribution in [0.2, 0.25) is 0 Å². The number of nitrogens with zero attached hydrogens (tertiary/aromatic N) is 4. The number of fused-ring (bicyclic) bond motifs is 1. The summed E-state index contributed by atoms with van der Waals surface area (Å²) < 4.78 is 14.6. The van der Waals surface area contributed by atoms with Gasteiger partial charge in [0.05, 0.1) is 48.2 Å². The van der Waals surface area contributed by atoms with Crippen LogP contribution in [0.5, 0.6) is 17.4 Å². The third-order valence-electron chi connectivity index (χ3n) is 5.16. The van der Waals surface area contributed by atoms with E-state index in [9.17, 15) is 5.11 Å². The SMILES string of the molecule is COc1cccc(-c2cc(C)c3c(O)n(-c4cnn(C(C)(C)C)c4)cc3n2)c1OC. The van der Waals surface area contributed by atoms with Gasteiger partial charge in [0.1, 0.15) is 0 Å². The molecule has 0 spiro atoms. The lowest BCUT2D eigenvalue weighted by molar-refractivity contribution is 0.355. The normalized spacial score (nSPS) is 11.8. The molecule has 0 saturated carbocycles. The van der Waals surface area contributed by atoms with Crippen molar-refractivity contribution in [1.29, 1.82) is 0 Å². The maximum Gasteiger partial charge on any atom is 0.205 e. The van der Waals surface area contributed by atoms with Crippen molar-refractivity contribution in [3.63, 3.8) is 0 Å². The van der Waals surface area contributed by atoms with Crippen molar-refractivity contribution in [3.05, 3.63) is 48.4 Å². The largest absolute Gasteiger partial charge is 0.494 e. The Morgan fingerprint density at radius 1 is 1.07 bits per heavy atom. The molecular formula is C23H26N4O3. The van der Waals surface area contributed by atoms with E-state index in [0.29, 0.717) is 22.4 Å². The number of hydrogen-bond acceptors (Lipinski definition) is 5. The third kappa shape index (κ3) is 3.16. The van der Waals surface area contributed by atoms with Gasteiger partial charge in [0.25, 0.3) is 0 Å². The van der Waals surface area contributed by atoms with Crippen LogP contribution in [0.4, 0.5) is 0 Å². The summed E-state index contributed by atoms with van der Waals surface area (Å²) in [6.45, 7) is 8.20. The van der Waals surface area contributed by atoms with Gasteiger partial charge in [-0.05, 0) is 51.5 Å². The number of para-hydroxylation sites is 1. The summed E-state index contributed by atoms with van der Waals surface area (Å²) in [5.41, 5.74) is 3.81. The van der Waals surface area contributed by atoms with Crippen molar-refractivity contribution in [1.82, 2.24) is 19.3 Å². The van der Waals surface area contributed by atoms with E-state index in [1.165, 1.54) is 0 Å². The molecule has 1 aromatic carbocycles. The number of methoxy groups -OCH3 is 2. The molecule has 0 aliphatic carbocycles. The molecule has 30 heavy (non-hydrogen) atoms. The molecule has 0 amide bonds. The Balaban J connectivity index is 1.88. The molecule has 7 heteroatoms. The molecule has 3 aromatic heterocycles. The van der Waals surface area contributed by atoms with Crippen LogP contribution < -0.4 is 9.47 Å². The summed E-state index contributed by atoms with van der Waals surface area (Å²) in [5, 5.41) is 16.1. The second-order valence-electron chi connectivity index (χ2n) is 8.26. The minimum absolute atomic E-state index is 0.146. The van der Waals surface area contributed by atoms with Crippen molar-refractivity contribution < 1.29 is 14.6 Å². The molecule has 0 unspecified atom stereocenters. The molecule has 0 bridgehead atoms. The second-order valence-corrected chi connectivity index (χ2v) is 8.26. The van der Waals surface area contributed by atoms with E-state index in [-0.39, 0.29) is 11.4 Å². The second kappa shape index (κ2) is 7.09. The van der Waals surface area contributed by atoms with Crippen LogP contribution >= 0.6 is 0 Å². The molecule has 0 aliphatic rings. The van der Waals surface area contributed by atoms with Crippen molar-refractivity contribution >= 4 is 10.9 Å². The van der Waals surface area contributed by atoms with Gasteiger partial charge in [-0.15, -0.1) is 0 Å². The van der Waals surface area contributed by atoms with Crippen molar-refractivity contribution in [2.24, 2.45) is 0 Å². The first-order chi connectivity index (χ1) is 14.2. The molecule has 156 valence electrons. The first-order valence-electron chi connectivity index (χ1n) is 9.73. The van der Waals surface area contributed by atoms with Crippen molar-refractivity contribution in [3.8, 4) is 34.3 Å². The summed E-state index contributed by atoms with van der Waals surface area (Å²) in [6.07, 6.45) is 5.49. The lowest BCUT2D eigenvalue weighted by Crippen LogP contribution is -2.21. The van der Waals surface area contributed by atoms with Gasteiger partial charge in [0, 0.05) is 18.0 Å². The molecule has 7 nitrogen and oxygen atoms in total. The van der Waals surface area contributed by atoms with E-state index in [0.717, 1.165) is 22.5 Å². The van der Waals surface area contributed by atoms with E-state index in [1.807, 2.05) is 48.3 Å². The van der Waals surface area contributed by atoms with Gasteiger partial charge in [0.15, 0.2) is 11.5 Å². The summed E-state index contributed by atoms with van der Waals surface area (Å²) in [7, 11) is 3.22. The predicted molar refractivity (Wildman–Crippen MR) is 117 cm³/mol. The van der Waals surface area contributed by atoms with E-state index >= 15 is 0 Å². The fourth-order valence-corrected chi connectivity index (χ4v) is 3.61. The number of pyridine rings is 1. The average Bonchev–Trinajstić information content (AvgIpc) is 3.32. The van der Waals surface area contributed by atoms with Crippen LogP contribution in [0.15, 0.2) is 42.9 Å². The molecule has 0 aliphatic heterocycles. The fourth-order valence-electron chi connectivity index (χ4n) is 3.61. The summed E-state index contributed by atoms with van der Waals surface area (Å²) in [5.74, 6) is 1.42. The Morgan fingerprint density at radius 3 is 2.47 bits per heavy atom. The number of rotatable bonds is 4. The van der Waals surface area contributed by atoms with Crippen LogP contribution in [-0.4, -0.2) is 38.7 Å². The maximum absolute atomic E-state index is 10.9. The average molecular weight is 406 g/mol. The van der Waals surface area contributed by atoms with Crippen molar-refractivity contribution in [2.75, 3.05) is 14.2 Å². The Kier molecular flexibility index (Phi) is 4.68. The molecule has 4 aromatic rings. The first kappa shape index (κ1) is 19.8. The Morgan fingerprint density at radius 2 is 1.83 bits per heavy atom. The van der Waals surface area contributed by atoms with Crippen LogP contribution in [0.1, 0.15) is 26.3 Å². The number of benzene rings is 1. The van der Waals surface area contributed by atoms with Gasteiger partial charge >= 0.3 is 0 Å². The van der Waals surface area contributed by atoms with E-state index < -0.39 is 0 Å². The molecular weight excluding hydrogens is 380 g/mol. The Hall–Kier alpha value is -3.48. The highest BCUT2D eigenvalue weighted by Gasteiger charge is 2.20. The van der Waals surface area contributed by atoms with Crippen LogP contribution in [0.3, 0.4) is 0 Å². The molecule has 3 heterocycles. The van der Waals surface area contributed by atoms with Gasteiger partial charge in [0.2, 0.25) is 5.88 Å². The smallest absolute Gasteiger partial charge is 0.205 e. The summed E-state index contributed by atoms with van der Waals surface area (Å²) >= 11 is 0. The zero-order valence-corrected chi connectivity index (χ0v) is 18.1. The van der Waals surface area contributed by atoms with Gasteiger partial charge in [-0.3, -0.25) is 9.25 Å². The maximum atomic E-state index is 10.9. The topological polar surface area (TPSA) is 74.3 Å². The van der Waals surface area contributed by atoms with E-state index in [2.05, 4.69) is 25.9 Å². The lowest BCUT2D eigenvalue weighted by Gasteiger charge is -2.18. The number of hydrogen-bond donors (Lipinski definition) is 1.